The molecule has 3 aromatic heterocycles. The third-order valence-electron chi connectivity index (χ3n) is 2.27. The second kappa shape index (κ2) is 3.63. The third kappa shape index (κ3) is 1.56. The summed E-state index contributed by atoms with van der Waals surface area (Å²) >= 11 is 1.49. The normalized spacial score (nSPS) is 10.8. The van der Waals surface area contributed by atoms with E-state index in [0.29, 0.717) is 5.82 Å². The van der Waals surface area contributed by atoms with Gasteiger partial charge < -0.3 is 5.11 Å². The molecule has 0 radical (unpaired) electrons. The maximum Gasteiger partial charge on any atom is 0.338 e. The number of hydrogen-bond donors (Lipinski definition) is 1. The number of carbonyl (C=O) groups is 1. The van der Waals surface area contributed by atoms with Gasteiger partial charge >= 0.3 is 5.97 Å². The lowest BCUT2D eigenvalue weighted by molar-refractivity contribution is 0.0697. The summed E-state index contributed by atoms with van der Waals surface area (Å²) in [7, 11) is 0. The van der Waals surface area contributed by atoms with Crippen LogP contribution in [-0.2, 0) is 0 Å². The predicted molar refractivity (Wildman–Crippen MR) is 61.5 cm³/mol. The van der Waals surface area contributed by atoms with Crippen molar-refractivity contribution in [1.82, 2.24) is 19.7 Å². The summed E-state index contributed by atoms with van der Waals surface area (Å²) in [6, 6.07) is 1.88. The molecular weight excluding hydrogens is 240 g/mol. The number of rotatable bonds is 2. The highest BCUT2D eigenvalue weighted by molar-refractivity contribution is 7.17. The smallest absolute Gasteiger partial charge is 0.338 e. The van der Waals surface area contributed by atoms with Gasteiger partial charge in [-0.1, -0.05) is 0 Å². The Labute approximate surface area is 99.2 Å². The second-order valence-corrected chi connectivity index (χ2v) is 4.23. The summed E-state index contributed by atoms with van der Waals surface area (Å²) in [5.41, 5.74) is 0.959. The van der Waals surface area contributed by atoms with Crippen LogP contribution in [-0.4, -0.2) is 30.8 Å². The van der Waals surface area contributed by atoms with Crippen LogP contribution in [0.5, 0.6) is 0 Å². The van der Waals surface area contributed by atoms with E-state index in [9.17, 15) is 4.79 Å². The molecule has 0 amide bonds. The van der Waals surface area contributed by atoms with E-state index in [4.69, 9.17) is 5.11 Å². The van der Waals surface area contributed by atoms with Gasteiger partial charge in [0.05, 0.1) is 22.0 Å². The highest BCUT2D eigenvalue weighted by Crippen LogP contribution is 2.23. The van der Waals surface area contributed by atoms with Gasteiger partial charge in [0.1, 0.15) is 6.33 Å². The highest BCUT2D eigenvalue weighted by atomic mass is 32.1. The maximum absolute atomic E-state index is 10.8. The molecule has 0 aliphatic heterocycles. The molecule has 3 rings (SSSR count). The Balaban J connectivity index is 2.19. The first-order chi connectivity index (χ1) is 8.25. The minimum atomic E-state index is -1.01. The summed E-state index contributed by atoms with van der Waals surface area (Å²) in [4.78, 5) is 19.0. The van der Waals surface area contributed by atoms with Gasteiger partial charge in [-0.05, 0) is 11.4 Å². The van der Waals surface area contributed by atoms with Gasteiger partial charge in [-0.25, -0.2) is 19.4 Å². The van der Waals surface area contributed by atoms with E-state index >= 15 is 0 Å². The fourth-order valence-corrected chi connectivity index (χ4v) is 2.31. The van der Waals surface area contributed by atoms with Crippen molar-refractivity contribution in [3.63, 3.8) is 0 Å². The van der Waals surface area contributed by atoms with Crippen LogP contribution in [0, 0.1) is 0 Å². The van der Waals surface area contributed by atoms with Gasteiger partial charge in [0.25, 0.3) is 0 Å². The summed E-state index contributed by atoms with van der Waals surface area (Å²) in [5, 5.41) is 14.7. The van der Waals surface area contributed by atoms with Crippen LogP contribution in [0.4, 0.5) is 0 Å². The van der Waals surface area contributed by atoms with Crippen LogP contribution in [0.3, 0.4) is 0 Å². The lowest BCUT2D eigenvalue weighted by Crippen LogP contribution is -1.99. The van der Waals surface area contributed by atoms with E-state index < -0.39 is 5.97 Å². The van der Waals surface area contributed by atoms with Crippen LogP contribution in [0.1, 0.15) is 10.4 Å². The standard InChI is InChI=1S/C10H6N4O2S/c15-10(16)6-3-13-14(4-6)9-8-7(1-2-17-8)11-5-12-9/h1-5H,(H,15,16). The van der Waals surface area contributed by atoms with Crippen molar-refractivity contribution in [3.05, 3.63) is 35.7 Å². The molecule has 84 valence electrons. The average molecular weight is 246 g/mol. The molecule has 0 saturated carbocycles. The number of aromatic nitrogens is 4. The quantitative estimate of drug-likeness (QED) is 0.742. The average Bonchev–Trinajstić information content (AvgIpc) is 2.97. The predicted octanol–water partition coefficient (Wildman–Crippen LogP) is 1.58. The first kappa shape index (κ1) is 9.91. The SMILES string of the molecule is O=C(O)c1cnn(-c2ncnc3ccsc23)c1. The van der Waals surface area contributed by atoms with Gasteiger partial charge in [0.15, 0.2) is 5.82 Å². The molecule has 0 atom stereocenters. The van der Waals surface area contributed by atoms with Crippen LogP contribution in [0.25, 0.3) is 16.0 Å². The molecule has 3 heterocycles. The first-order valence-electron chi connectivity index (χ1n) is 4.72. The van der Waals surface area contributed by atoms with Gasteiger partial charge in [-0.15, -0.1) is 11.3 Å². The number of carboxylic acids is 1. The Morgan fingerprint density at radius 2 is 2.29 bits per heavy atom. The zero-order valence-electron chi connectivity index (χ0n) is 8.44. The molecule has 6 nitrogen and oxygen atoms in total. The Morgan fingerprint density at radius 3 is 3.06 bits per heavy atom. The van der Waals surface area contributed by atoms with E-state index in [0.717, 1.165) is 10.2 Å². The molecular formula is C10H6N4O2S. The molecule has 3 aromatic rings. The molecule has 0 unspecified atom stereocenters. The van der Waals surface area contributed by atoms with Crippen molar-refractivity contribution < 1.29 is 9.90 Å². The van der Waals surface area contributed by atoms with Crippen LogP contribution in [0.15, 0.2) is 30.2 Å². The lowest BCUT2D eigenvalue weighted by atomic mass is 10.4. The van der Waals surface area contributed by atoms with Gasteiger partial charge in [0.2, 0.25) is 0 Å². The molecule has 0 aromatic carbocycles. The van der Waals surface area contributed by atoms with Crippen molar-refractivity contribution >= 4 is 27.5 Å². The van der Waals surface area contributed by atoms with E-state index in [1.54, 1.807) is 0 Å². The van der Waals surface area contributed by atoms with E-state index in [1.807, 2.05) is 11.4 Å². The molecule has 0 aliphatic rings. The van der Waals surface area contributed by atoms with Crippen molar-refractivity contribution in [2.45, 2.75) is 0 Å². The number of fused-ring (bicyclic) bond motifs is 1. The summed E-state index contributed by atoms with van der Waals surface area (Å²) < 4.78 is 2.33. The Hall–Kier alpha value is -2.28. The molecule has 1 N–H and O–H groups in total. The summed E-state index contributed by atoms with van der Waals surface area (Å²) in [6.07, 6.45) is 4.17. The molecule has 0 bridgehead atoms. The van der Waals surface area contributed by atoms with E-state index in [2.05, 4.69) is 15.1 Å². The van der Waals surface area contributed by atoms with Crippen molar-refractivity contribution in [3.8, 4) is 5.82 Å². The fraction of sp³-hybridized carbons (Fsp3) is 0. The highest BCUT2D eigenvalue weighted by Gasteiger charge is 2.11. The molecule has 0 fully saturated rings. The van der Waals surface area contributed by atoms with Gasteiger partial charge in [0, 0.05) is 6.20 Å². The number of aromatic carboxylic acids is 1. The van der Waals surface area contributed by atoms with E-state index in [1.165, 1.54) is 34.7 Å². The summed E-state index contributed by atoms with van der Waals surface area (Å²) in [5.74, 6) is -0.412. The Bertz CT molecular complexity index is 703. The van der Waals surface area contributed by atoms with Gasteiger partial charge in [-0.3, -0.25) is 0 Å². The number of carboxylic acid groups (broad SMARTS) is 1. The first-order valence-corrected chi connectivity index (χ1v) is 5.60. The number of thiophene rings is 1. The fourth-order valence-electron chi connectivity index (χ4n) is 1.49. The molecule has 0 saturated heterocycles. The number of nitrogens with zero attached hydrogens (tertiary/aromatic N) is 4. The lowest BCUT2D eigenvalue weighted by Gasteiger charge is -1.99. The Kier molecular flexibility index (Phi) is 2.12. The zero-order chi connectivity index (χ0) is 11.8. The maximum atomic E-state index is 10.8. The van der Waals surface area contributed by atoms with Crippen LogP contribution < -0.4 is 0 Å². The minimum Gasteiger partial charge on any atom is -0.478 e. The van der Waals surface area contributed by atoms with Crippen LogP contribution >= 0.6 is 11.3 Å². The second-order valence-electron chi connectivity index (χ2n) is 3.31. The zero-order valence-corrected chi connectivity index (χ0v) is 9.26. The van der Waals surface area contributed by atoms with Gasteiger partial charge in [-0.2, -0.15) is 5.10 Å². The summed E-state index contributed by atoms with van der Waals surface area (Å²) in [6.45, 7) is 0. The Morgan fingerprint density at radius 1 is 1.41 bits per heavy atom. The molecule has 7 heteroatoms. The largest absolute Gasteiger partial charge is 0.478 e. The third-order valence-corrected chi connectivity index (χ3v) is 3.17. The van der Waals surface area contributed by atoms with Crippen molar-refractivity contribution in [2.75, 3.05) is 0 Å². The number of hydrogen-bond acceptors (Lipinski definition) is 5. The molecule has 17 heavy (non-hydrogen) atoms. The van der Waals surface area contributed by atoms with E-state index in [-0.39, 0.29) is 5.56 Å². The molecule has 0 aliphatic carbocycles. The van der Waals surface area contributed by atoms with Crippen LogP contribution in [0.2, 0.25) is 0 Å². The molecule has 0 spiro atoms. The topological polar surface area (TPSA) is 80.9 Å². The minimum absolute atomic E-state index is 0.133. The van der Waals surface area contributed by atoms with Crippen molar-refractivity contribution in [2.24, 2.45) is 0 Å². The monoisotopic (exact) mass is 246 g/mol. The van der Waals surface area contributed by atoms with Crippen molar-refractivity contribution in [1.29, 1.82) is 0 Å².